The largest absolute Gasteiger partial charge is 0.379 e. The van der Waals surface area contributed by atoms with Crippen LogP contribution < -0.4 is 10.9 Å². The maximum atomic E-state index is 11.9. The molecular weight excluding hydrogens is 280 g/mol. The van der Waals surface area contributed by atoms with Gasteiger partial charge in [0.05, 0.1) is 25.1 Å². The van der Waals surface area contributed by atoms with Crippen LogP contribution >= 0.6 is 11.6 Å². The summed E-state index contributed by atoms with van der Waals surface area (Å²) in [6.07, 6.45) is 1.61. The topological polar surface area (TPSA) is 59.4 Å². The number of anilines is 1. The lowest BCUT2D eigenvalue weighted by molar-refractivity contribution is 0.0368. The quantitative estimate of drug-likeness (QED) is 0.881. The van der Waals surface area contributed by atoms with E-state index in [0.29, 0.717) is 12.2 Å². The fourth-order valence-electron chi connectivity index (χ4n) is 2.27. The predicted octanol–water partition coefficient (Wildman–Crippen LogP) is 1.05. The van der Waals surface area contributed by atoms with Crippen LogP contribution in [0.5, 0.6) is 0 Å². The number of nitrogens with one attached hydrogen (secondary N) is 1. The summed E-state index contributed by atoms with van der Waals surface area (Å²) in [5.41, 5.74) is 0.347. The number of nitrogens with zero attached hydrogens (tertiary/aromatic N) is 3. The van der Waals surface area contributed by atoms with E-state index in [1.54, 1.807) is 6.20 Å². The highest BCUT2D eigenvalue weighted by atomic mass is 35.5. The molecule has 1 aliphatic heterocycles. The van der Waals surface area contributed by atoms with Crippen molar-refractivity contribution in [2.75, 3.05) is 38.2 Å². The van der Waals surface area contributed by atoms with Crippen molar-refractivity contribution in [2.24, 2.45) is 0 Å². The molecule has 1 fully saturated rings. The van der Waals surface area contributed by atoms with Crippen LogP contribution in [-0.2, 0) is 11.3 Å². The number of halogens is 1. The summed E-state index contributed by atoms with van der Waals surface area (Å²) in [5, 5.41) is 7.54. The summed E-state index contributed by atoms with van der Waals surface area (Å²) in [5.74, 6) is 0. The molecule has 2 heterocycles. The highest BCUT2D eigenvalue weighted by molar-refractivity contribution is 6.32. The Hall–Kier alpha value is -1.11. The molecule has 0 bridgehead atoms. The molecule has 1 aromatic heterocycles. The van der Waals surface area contributed by atoms with Gasteiger partial charge in [-0.25, -0.2) is 4.68 Å². The zero-order valence-corrected chi connectivity index (χ0v) is 12.7. The van der Waals surface area contributed by atoms with Crippen molar-refractivity contribution in [1.29, 1.82) is 0 Å². The average molecular weight is 301 g/mol. The maximum absolute atomic E-state index is 11.9. The number of aryl methyl sites for hydroxylation is 1. The molecule has 1 unspecified atom stereocenters. The lowest BCUT2D eigenvalue weighted by Gasteiger charge is -2.29. The third-order valence-electron chi connectivity index (χ3n) is 3.32. The monoisotopic (exact) mass is 300 g/mol. The van der Waals surface area contributed by atoms with E-state index in [0.717, 1.165) is 32.8 Å². The molecule has 20 heavy (non-hydrogen) atoms. The Labute approximate surface area is 123 Å². The molecule has 112 valence electrons. The number of aromatic nitrogens is 2. The van der Waals surface area contributed by atoms with Crippen molar-refractivity contribution < 1.29 is 4.74 Å². The molecule has 1 saturated heterocycles. The molecule has 0 spiro atoms. The van der Waals surface area contributed by atoms with Crippen molar-refractivity contribution in [2.45, 2.75) is 26.4 Å². The van der Waals surface area contributed by atoms with Gasteiger partial charge in [-0.05, 0) is 13.8 Å². The summed E-state index contributed by atoms with van der Waals surface area (Å²) < 4.78 is 6.67. The minimum absolute atomic E-state index is 0.185. The summed E-state index contributed by atoms with van der Waals surface area (Å²) in [6.45, 7) is 8.77. The van der Waals surface area contributed by atoms with Crippen LogP contribution in [0, 0.1) is 0 Å². The summed E-state index contributed by atoms with van der Waals surface area (Å²) in [7, 11) is 0. The second-order valence-corrected chi connectivity index (χ2v) is 5.33. The van der Waals surface area contributed by atoms with Crippen molar-refractivity contribution in [3.8, 4) is 0 Å². The summed E-state index contributed by atoms with van der Waals surface area (Å²) >= 11 is 6.09. The van der Waals surface area contributed by atoms with E-state index in [-0.39, 0.29) is 16.6 Å². The van der Waals surface area contributed by atoms with Crippen LogP contribution in [0.15, 0.2) is 11.0 Å². The zero-order valence-electron chi connectivity index (χ0n) is 11.9. The fraction of sp³-hybridized carbons (Fsp3) is 0.692. The smallest absolute Gasteiger partial charge is 0.287 e. The van der Waals surface area contributed by atoms with Crippen molar-refractivity contribution in [3.05, 3.63) is 21.6 Å². The van der Waals surface area contributed by atoms with Gasteiger partial charge in [0.25, 0.3) is 5.56 Å². The predicted molar refractivity (Wildman–Crippen MR) is 79.5 cm³/mol. The van der Waals surface area contributed by atoms with E-state index in [2.05, 4.69) is 22.2 Å². The Morgan fingerprint density at radius 3 is 2.85 bits per heavy atom. The number of morpholine rings is 1. The molecule has 1 aromatic rings. The Bertz CT molecular complexity index is 500. The molecule has 0 radical (unpaired) electrons. The van der Waals surface area contributed by atoms with E-state index in [1.807, 2.05) is 6.92 Å². The van der Waals surface area contributed by atoms with Gasteiger partial charge in [-0.15, -0.1) is 0 Å². The van der Waals surface area contributed by atoms with Gasteiger partial charge in [-0.3, -0.25) is 9.69 Å². The lowest BCUT2D eigenvalue weighted by atomic mass is 10.2. The van der Waals surface area contributed by atoms with Gasteiger partial charge >= 0.3 is 0 Å². The van der Waals surface area contributed by atoms with Crippen LogP contribution in [0.1, 0.15) is 13.8 Å². The van der Waals surface area contributed by atoms with Gasteiger partial charge < -0.3 is 10.1 Å². The van der Waals surface area contributed by atoms with Crippen LogP contribution in [0.4, 0.5) is 5.69 Å². The minimum atomic E-state index is -0.252. The second-order valence-electron chi connectivity index (χ2n) is 4.95. The van der Waals surface area contributed by atoms with Crippen LogP contribution in [0.3, 0.4) is 0 Å². The van der Waals surface area contributed by atoms with E-state index in [9.17, 15) is 4.79 Å². The number of hydrogen-bond acceptors (Lipinski definition) is 5. The van der Waals surface area contributed by atoms with E-state index >= 15 is 0 Å². The molecule has 2 rings (SSSR count). The van der Waals surface area contributed by atoms with E-state index in [4.69, 9.17) is 16.3 Å². The van der Waals surface area contributed by atoms with Crippen molar-refractivity contribution in [1.82, 2.24) is 14.7 Å². The number of ether oxygens (including phenoxy) is 1. The molecule has 6 nitrogen and oxygen atoms in total. The molecule has 0 saturated carbocycles. The maximum Gasteiger partial charge on any atom is 0.287 e. The molecule has 1 atom stereocenters. The van der Waals surface area contributed by atoms with Gasteiger partial charge in [-0.2, -0.15) is 5.10 Å². The normalized spacial score (nSPS) is 17.9. The van der Waals surface area contributed by atoms with Crippen LogP contribution in [0.2, 0.25) is 5.02 Å². The molecule has 0 amide bonds. The molecule has 0 aromatic carbocycles. The first-order valence-corrected chi connectivity index (χ1v) is 7.32. The lowest BCUT2D eigenvalue weighted by Crippen LogP contribution is -2.42. The van der Waals surface area contributed by atoms with Gasteiger partial charge in [0, 0.05) is 32.2 Å². The van der Waals surface area contributed by atoms with Gasteiger partial charge in [0.1, 0.15) is 5.02 Å². The first kappa shape index (κ1) is 15.3. The summed E-state index contributed by atoms with van der Waals surface area (Å²) in [4.78, 5) is 14.2. The second kappa shape index (κ2) is 7.06. The minimum Gasteiger partial charge on any atom is -0.379 e. The molecule has 0 aliphatic carbocycles. The third-order valence-corrected chi connectivity index (χ3v) is 3.69. The van der Waals surface area contributed by atoms with Gasteiger partial charge in [0.2, 0.25) is 0 Å². The molecule has 7 heteroatoms. The van der Waals surface area contributed by atoms with E-state index in [1.165, 1.54) is 4.68 Å². The van der Waals surface area contributed by atoms with Crippen molar-refractivity contribution >= 4 is 17.3 Å². The zero-order chi connectivity index (χ0) is 14.5. The average Bonchev–Trinajstić information content (AvgIpc) is 2.45. The van der Waals surface area contributed by atoms with Crippen molar-refractivity contribution in [3.63, 3.8) is 0 Å². The first-order chi connectivity index (χ1) is 9.61. The molecule has 1 N–H and O–H groups in total. The Balaban J connectivity index is 1.98. The highest BCUT2D eigenvalue weighted by Crippen LogP contribution is 2.16. The number of hydrogen-bond donors (Lipinski definition) is 1. The van der Waals surface area contributed by atoms with Crippen LogP contribution in [-0.4, -0.2) is 53.6 Å². The van der Waals surface area contributed by atoms with E-state index < -0.39 is 0 Å². The highest BCUT2D eigenvalue weighted by Gasteiger charge is 2.15. The number of rotatable bonds is 5. The Morgan fingerprint density at radius 1 is 1.50 bits per heavy atom. The molecular formula is C13H21ClN4O2. The standard InChI is InChI=1S/C13H21ClN4O2/c1-3-18-13(19)12(14)11(8-15-18)16-10(2)9-17-4-6-20-7-5-17/h8,10,16H,3-7,9H2,1-2H3. The first-order valence-electron chi connectivity index (χ1n) is 6.94. The van der Waals surface area contributed by atoms with Gasteiger partial charge in [-0.1, -0.05) is 11.6 Å². The molecule has 1 aliphatic rings. The van der Waals surface area contributed by atoms with Crippen LogP contribution in [0.25, 0.3) is 0 Å². The Kier molecular flexibility index (Phi) is 5.39. The SMILES string of the molecule is CCn1ncc(NC(C)CN2CCOCC2)c(Cl)c1=O. The third kappa shape index (κ3) is 3.71. The summed E-state index contributed by atoms with van der Waals surface area (Å²) in [6, 6.07) is 0.185. The van der Waals surface area contributed by atoms with Gasteiger partial charge in [0.15, 0.2) is 0 Å². The Morgan fingerprint density at radius 2 is 2.20 bits per heavy atom. The fourth-order valence-corrected chi connectivity index (χ4v) is 2.47.